The van der Waals surface area contributed by atoms with Crippen molar-refractivity contribution in [3.63, 3.8) is 0 Å². The number of hydrogen-bond acceptors (Lipinski definition) is 5. The fourth-order valence-corrected chi connectivity index (χ4v) is 3.84. The lowest BCUT2D eigenvalue weighted by Gasteiger charge is -2.30. The number of aryl methyl sites for hydroxylation is 2. The summed E-state index contributed by atoms with van der Waals surface area (Å²) < 4.78 is 40.6. The van der Waals surface area contributed by atoms with Crippen molar-refractivity contribution in [3.8, 4) is 0 Å². The maximum absolute atomic E-state index is 13.0. The van der Waals surface area contributed by atoms with Gasteiger partial charge in [0.2, 0.25) is 11.1 Å². The minimum absolute atomic E-state index is 0.00604. The van der Waals surface area contributed by atoms with E-state index < -0.39 is 24.7 Å². The molecule has 1 amide bonds. The lowest BCUT2D eigenvalue weighted by atomic mass is 10.0. The first-order valence-electron chi connectivity index (χ1n) is 9.23. The maximum Gasteiger partial charge on any atom is 0.406 e. The van der Waals surface area contributed by atoms with E-state index in [1.165, 1.54) is 11.8 Å². The molecule has 0 saturated heterocycles. The van der Waals surface area contributed by atoms with E-state index in [4.69, 9.17) is 0 Å². The van der Waals surface area contributed by atoms with Crippen LogP contribution in [0.2, 0.25) is 0 Å². The average molecular weight is 415 g/mol. The van der Waals surface area contributed by atoms with Crippen molar-refractivity contribution in [2.45, 2.75) is 63.8 Å². The number of halogens is 3. The molecule has 28 heavy (non-hydrogen) atoms. The van der Waals surface area contributed by atoms with Crippen molar-refractivity contribution in [1.82, 2.24) is 24.5 Å². The SMILES string of the molecule is CSc1nc2nc(C)c(CCC(=O)N(CC(F)(F)F)[C@@H](C)C3CC3)c(C)n2n1. The molecule has 0 radical (unpaired) electrons. The zero-order chi connectivity index (χ0) is 20.6. The van der Waals surface area contributed by atoms with E-state index in [0.29, 0.717) is 17.4 Å². The molecule has 0 aliphatic heterocycles. The number of carbonyl (C=O) groups is 1. The Bertz CT molecular complexity index is 878. The van der Waals surface area contributed by atoms with Gasteiger partial charge in [-0.1, -0.05) is 11.8 Å². The zero-order valence-electron chi connectivity index (χ0n) is 16.4. The molecule has 2 aromatic rings. The summed E-state index contributed by atoms with van der Waals surface area (Å²) in [5.41, 5.74) is 2.35. The van der Waals surface area contributed by atoms with Crippen LogP contribution in [0.15, 0.2) is 5.16 Å². The Morgan fingerprint density at radius 1 is 1.32 bits per heavy atom. The van der Waals surface area contributed by atoms with Crippen LogP contribution >= 0.6 is 11.8 Å². The predicted molar refractivity (Wildman–Crippen MR) is 100 cm³/mol. The molecule has 1 fully saturated rings. The highest BCUT2D eigenvalue weighted by atomic mass is 32.2. The highest BCUT2D eigenvalue weighted by molar-refractivity contribution is 7.98. The highest BCUT2D eigenvalue weighted by Gasteiger charge is 2.40. The first-order chi connectivity index (χ1) is 13.1. The Balaban J connectivity index is 1.78. The second-order valence-corrected chi connectivity index (χ2v) is 8.06. The van der Waals surface area contributed by atoms with Crippen LogP contribution in [-0.4, -0.2) is 55.4 Å². The molecule has 1 atom stereocenters. The Morgan fingerprint density at radius 2 is 2.00 bits per heavy atom. The number of rotatable bonds is 7. The third-order valence-electron chi connectivity index (χ3n) is 5.27. The third-order valence-corrected chi connectivity index (χ3v) is 5.80. The van der Waals surface area contributed by atoms with Crippen molar-refractivity contribution in [2.75, 3.05) is 12.8 Å². The van der Waals surface area contributed by atoms with E-state index in [1.54, 1.807) is 11.4 Å². The standard InChI is InChI=1S/C18H24F3N5OS/c1-10-14(12(3)26-16(22-10)23-17(24-26)28-4)7-8-15(27)25(9-18(19,20)21)11(2)13-5-6-13/h11,13H,5-9H2,1-4H3/t11-/m0/s1. The molecule has 0 spiro atoms. The number of alkyl halides is 3. The quantitative estimate of drug-likeness (QED) is 0.647. The van der Waals surface area contributed by atoms with Crippen LogP contribution in [0.3, 0.4) is 0 Å². The molecule has 6 nitrogen and oxygen atoms in total. The van der Waals surface area contributed by atoms with E-state index in [9.17, 15) is 18.0 Å². The van der Waals surface area contributed by atoms with E-state index >= 15 is 0 Å². The molecule has 3 rings (SSSR count). The van der Waals surface area contributed by atoms with E-state index in [2.05, 4.69) is 15.1 Å². The van der Waals surface area contributed by atoms with Crippen LogP contribution in [0.5, 0.6) is 0 Å². The van der Waals surface area contributed by atoms with Gasteiger partial charge >= 0.3 is 6.18 Å². The summed E-state index contributed by atoms with van der Waals surface area (Å²) in [6, 6.07) is -0.392. The Hall–Kier alpha value is -1.84. The molecule has 0 bridgehead atoms. The van der Waals surface area contributed by atoms with E-state index in [-0.39, 0.29) is 12.3 Å². The number of nitrogens with zero attached hydrogens (tertiary/aromatic N) is 5. The lowest BCUT2D eigenvalue weighted by molar-refractivity contribution is -0.166. The van der Waals surface area contributed by atoms with E-state index in [1.807, 2.05) is 20.1 Å². The maximum atomic E-state index is 13.0. The molecular formula is C18H24F3N5OS. The van der Waals surface area contributed by atoms with Crippen LogP contribution in [0.25, 0.3) is 5.78 Å². The number of aromatic nitrogens is 4. The summed E-state index contributed by atoms with van der Waals surface area (Å²) in [5.74, 6) is 0.183. The van der Waals surface area contributed by atoms with Gasteiger partial charge in [0.25, 0.3) is 5.78 Å². The largest absolute Gasteiger partial charge is 0.406 e. The molecule has 1 aliphatic rings. The molecule has 2 aromatic heterocycles. The second kappa shape index (κ2) is 7.88. The summed E-state index contributed by atoms with van der Waals surface area (Å²) in [6.45, 7) is 4.20. The molecule has 2 heterocycles. The van der Waals surface area contributed by atoms with Gasteiger partial charge in [-0.15, -0.1) is 5.10 Å². The molecule has 154 valence electrons. The number of hydrogen-bond donors (Lipinski definition) is 0. The van der Waals surface area contributed by atoms with Crippen molar-refractivity contribution < 1.29 is 18.0 Å². The van der Waals surface area contributed by atoms with Crippen molar-refractivity contribution in [3.05, 3.63) is 17.0 Å². The Kier molecular flexibility index (Phi) is 5.88. The summed E-state index contributed by atoms with van der Waals surface area (Å²) >= 11 is 1.40. The van der Waals surface area contributed by atoms with Crippen molar-refractivity contribution >= 4 is 23.4 Å². The van der Waals surface area contributed by atoms with Gasteiger partial charge in [0, 0.05) is 23.9 Å². The molecule has 0 aromatic carbocycles. The van der Waals surface area contributed by atoms with Crippen LogP contribution in [0, 0.1) is 19.8 Å². The lowest BCUT2D eigenvalue weighted by Crippen LogP contribution is -2.45. The summed E-state index contributed by atoms with van der Waals surface area (Å²) in [6.07, 6.45) is -0.448. The first-order valence-corrected chi connectivity index (χ1v) is 10.5. The summed E-state index contributed by atoms with van der Waals surface area (Å²) in [4.78, 5) is 22.4. The Labute approximate surface area is 165 Å². The highest BCUT2D eigenvalue weighted by Crippen LogP contribution is 2.36. The number of thioether (sulfide) groups is 1. The van der Waals surface area contributed by atoms with Gasteiger partial charge < -0.3 is 4.90 Å². The van der Waals surface area contributed by atoms with Crippen LogP contribution < -0.4 is 0 Å². The summed E-state index contributed by atoms with van der Waals surface area (Å²) in [5, 5.41) is 4.96. The monoisotopic (exact) mass is 415 g/mol. The predicted octanol–water partition coefficient (Wildman–Crippen LogP) is 3.59. The molecule has 10 heteroatoms. The molecule has 0 unspecified atom stereocenters. The fraction of sp³-hybridized carbons (Fsp3) is 0.667. The van der Waals surface area contributed by atoms with Crippen molar-refractivity contribution in [2.24, 2.45) is 5.92 Å². The van der Waals surface area contributed by atoms with Gasteiger partial charge in [-0.25, -0.2) is 9.50 Å². The van der Waals surface area contributed by atoms with Gasteiger partial charge in [-0.2, -0.15) is 18.2 Å². The van der Waals surface area contributed by atoms with Gasteiger partial charge in [0.1, 0.15) is 6.54 Å². The average Bonchev–Trinajstić information content (AvgIpc) is 3.38. The molecule has 0 N–H and O–H groups in total. The zero-order valence-corrected chi connectivity index (χ0v) is 17.2. The fourth-order valence-electron chi connectivity index (χ4n) is 3.50. The molecular weight excluding hydrogens is 391 g/mol. The number of amides is 1. The van der Waals surface area contributed by atoms with Crippen LogP contribution in [0.4, 0.5) is 13.2 Å². The first kappa shape index (κ1) is 20.9. The normalized spacial score (nSPS) is 15.8. The second-order valence-electron chi connectivity index (χ2n) is 7.29. The molecule has 1 saturated carbocycles. The molecule has 1 aliphatic carbocycles. The minimum atomic E-state index is -4.40. The smallest absolute Gasteiger partial charge is 0.331 e. The van der Waals surface area contributed by atoms with Crippen LogP contribution in [0.1, 0.15) is 43.1 Å². The van der Waals surface area contributed by atoms with Gasteiger partial charge in [-0.05, 0) is 57.8 Å². The van der Waals surface area contributed by atoms with Gasteiger partial charge in [-0.3, -0.25) is 4.79 Å². The minimum Gasteiger partial charge on any atom is -0.331 e. The third kappa shape index (κ3) is 4.59. The van der Waals surface area contributed by atoms with Gasteiger partial charge in [0.15, 0.2) is 0 Å². The van der Waals surface area contributed by atoms with Crippen LogP contribution in [-0.2, 0) is 11.2 Å². The van der Waals surface area contributed by atoms with Gasteiger partial charge in [0.05, 0.1) is 0 Å². The van der Waals surface area contributed by atoms with E-state index in [0.717, 1.165) is 34.7 Å². The summed E-state index contributed by atoms with van der Waals surface area (Å²) in [7, 11) is 0. The Morgan fingerprint density at radius 3 is 2.57 bits per heavy atom. The van der Waals surface area contributed by atoms with Crippen molar-refractivity contribution in [1.29, 1.82) is 0 Å². The number of carbonyl (C=O) groups excluding carboxylic acids is 1. The topological polar surface area (TPSA) is 63.4 Å². The number of fused-ring (bicyclic) bond motifs is 1.